The maximum absolute atomic E-state index is 9.07. The van der Waals surface area contributed by atoms with Crippen LogP contribution in [0.25, 0.3) is 0 Å². The summed E-state index contributed by atoms with van der Waals surface area (Å²) in [4.78, 5) is 2.29. The zero-order valence-corrected chi connectivity index (χ0v) is 8.88. The van der Waals surface area contributed by atoms with Gasteiger partial charge in [0.05, 0.1) is 6.10 Å². The molecule has 0 heterocycles. The highest BCUT2D eigenvalue weighted by Gasteiger charge is 2.04. The van der Waals surface area contributed by atoms with Crippen LogP contribution in [-0.2, 0) is 0 Å². The molecule has 2 nitrogen and oxygen atoms in total. The van der Waals surface area contributed by atoms with Gasteiger partial charge in [-0.3, -0.25) is 0 Å². The molecule has 12 heavy (non-hydrogen) atoms. The first-order valence-electron chi connectivity index (χ1n) is 4.92. The van der Waals surface area contributed by atoms with Gasteiger partial charge in [0.1, 0.15) is 0 Å². The standard InChI is InChI=1S/C10H23NO/c1-5-9(2)8-11(4)7-6-10(3)12/h9-10,12H,5-8H2,1-4H3. The fourth-order valence-electron chi connectivity index (χ4n) is 1.16. The second-order valence-corrected chi connectivity index (χ2v) is 3.91. The normalized spacial score (nSPS) is 16.5. The molecule has 0 amide bonds. The predicted molar refractivity (Wildman–Crippen MR) is 53.2 cm³/mol. The molecule has 0 aromatic rings. The minimum Gasteiger partial charge on any atom is -0.393 e. The van der Waals surface area contributed by atoms with Gasteiger partial charge in [0.25, 0.3) is 0 Å². The minimum absolute atomic E-state index is 0.163. The van der Waals surface area contributed by atoms with Crippen molar-refractivity contribution in [3.05, 3.63) is 0 Å². The Labute approximate surface area is 76.6 Å². The Bertz CT molecular complexity index is 104. The Morgan fingerprint density at radius 3 is 2.33 bits per heavy atom. The average molecular weight is 173 g/mol. The van der Waals surface area contributed by atoms with E-state index in [-0.39, 0.29) is 6.10 Å². The van der Waals surface area contributed by atoms with Crippen LogP contribution in [0.3, 0.4) is 0 Å². The Kier molecular flexibility index (Phi) is 6.39. The van der Waals surface area contributed by atoms with Gasteiger partial charge in [0, 0.05) is 13.1 Å². The fraction of sp³-hybridized carbons (Fsp3) is 1.00. The molecule has 2 unspecified atom stereocenters. The molecule has 0 aromatic carbocycles. The third-order valence-corrected chi connectivity index (χ3v) is 2.25. The molecule has 0 spiro atoms. The van der Waals surface area contributed by atoms with Crippen LogP contribution in [0.1, 0.15) is 33.6 Å². The van der Waals surface area contributed by atoms with E-state index in [0.29, 0.717) is 0 Å². The van der Waals surface area contributed by atoms with Crippen molar-refractivity contribution in [1.29, 1.82) is 0 Å². The van der Waals surface area contributed by atoms with Crippen LogP contribution >= 0.6 is 0 Å². The summed E-state index contributed by atoms with van der Waals surface area (Å²) >= 11 is 0. The largest absolute Gasteiger partial charge is 0.393 e. The van der Waals surface area contributed by atoms with E-state index in [2.05, 4.69) is 25.8 Å². The summed E-state index contributed by atoms with van der Waals surface area (Å²) in [5, 5.41) is 9.07. The molecular weight excluding hydrogens is 150 g/mol. The van der Waals surface area contributed by atoms with Crippen molar-refractivity contribution >= 4 is 0 Å². The van der Waals surface area contributed by atoms with Crippen molar-refractivity contribution in [2.75, 3.05) is 20.1 Å². The molecule has 0 radical (unpaired) electrons. The predicted octanol–water partition coefficient (Wildman–Crippen LogP) is 1.74. The van der Waals surface area contributed by atoms with Crippen molar-refractivity contribution in [1.82, 2.24) is 4.90 Å². The molecule has 0 bridgehead atoms. The number of hydrogen-bond donors (Lipinski definition) is 1. The zero-order chi connectivity index (χ0) is 9.56. The highest BCUT2D eigenvalue weighted by atomic mass is 16.3. The summed E-state index contributed by atoms with van der Waals surface area (Å²) in [7, 11) is 2.12. The van der Waals surface area contributed by atoms with E-state index >= 15 is 0 Å². The van der Waals surface area contributed by atoms with Crippen molar-refractivity contribution < 1.29 is 5.11 Å². The van der Waals surface area contributed by atoms with Gasteiger partial charge in [-0.05, 0) is 26.3 Å². The van der Waals surface area contributed by atoms with E-state index < -0.39 is 0 Å². The van der Waals surface area contributed by atoms with Gasteiger partial charge in [0.2, 0.25) is 0 Å². The second kappa shape index (κ2) is 6.44. The van der Waals surface area contributed by atoms with Crippen LogP contribution in [0.4, 0.5) is 0 Å². The summed E-state index contributed by atoms with van der Waals surface area (Å²) in [6.07, 6.45) is 1.95. The molecule has 0 aliphatic rings. The molecule has 2 atom stereocenters. The highest BCUT2D eigenvalue weighted by Crippen LogP contribution is 2.03. The van der Waals surface area contributed by atoms with Gasteiger partial charge < -0.3 is 10.0 Å². The Morgan fingerprint density at radius 2 is 1.92 bits per heavy atom. The second-order valence-electron chi connectivity index (χ2n) is 3.91. The SMILES string of the molecule is CCC(C)CN(C)CCC(C)O. The Hall–Kier alpha value is -0.0800. The lowest BCUT2D eigenvalue weighted by molar-refractivity contribution is 0.159. The van der Waals surface area contributed by atoms with Crippen molar-refractivity contribution in [3.63, 3.8) is 0 Å². The quantitative estimate of drug-likeness (QED) is 0.661. The molecule has 0 rings (SSSR count). The highest BCUT2D eigenvalue weighted by molar-refractivity contribution is 4.59. The number of nitrogens with zero attached hydrogens (tertiary/aromatic N) is 1. The lowest BCUT2D eigenvalue weighted by atomic mass is 10.1. The summed E-state index contributed by atoms with van der Waals surface area (Å²) < 4.78 is 0. The molecule has 1 N–H and O–H groups in total. The fourth-order valence-corrected chi connectivity index (χ4v) is 1.16. The monoisotopic (exact) mass is 173 g/mol. The number of hydrogen-bond acceptors (Lipinski definition) is 2. The zero-order valence-electron chi connectivity index (χ0n) is 8.88. The minimum atomic E-state index is -0.163. The van der Waals surface area contributed by atoms with Gasteiger partial charge in [0.15, 0.2) is 0 Å². The molecular formula is C10H23NO. The van der Waals surface area contributed by atoms with Crippen LogP contribution in [-0.4, -0.2) is 36.2 Å². The summed E-state index contributed by atoms with van der Waals surface area (Å²) in [6.45, 7) is 8.47. The van der Waals surface area contributed by atoms with Crippen LogP contribution in [0.2, 0.25) is 0 Å². The van der Waals surface area contributed by atoms with E-state index in [9.17, 15) is 0 Å². The smallest absolute Gasteiger partial charge is 0.0524 e. The Balaban J connectivity index is 3.39. The molecule has 0 aliphatic carbocycles. The first-order chi connectivity index (χ1) is 5.56. The number of rotatable bonds is 6. The van der Waals surface area contributed by atoms with E-state index in [1.807, 2.05) is 6.92 Å². The van der Waals surface area contributed by atoms with E-state index in [1.165, 1.54) is 6.42 Å². The van der Waals surface area contributed by atoms with Gasteiger partial charge in [-0.2, -0.15) is 0 Å². The van der Waals surface area contributed by atoms with E-state index in [4.69, 9.17) is 5.11 Å². The molecule has 0 saturated heterocycles. The van der Waals surface area contributed by atoms with Gasteiger partial charge in [-0.1, -0.05) is 20.3 Å². The lowest BCUT2D eigenvalue weighted by Crippen LogP contribution is -2.27. The van der Waals surface area contributed by atoms with E-state index in [0.717, 1.165) is 25.4 Å². The summed E-state index contributed by atoms with van der Waals surface area (Å²) in [6, 6.07) is 0. The summed E-state index contributed by atoms with van der Waals surface area (Å²) in [5.74, 6) is 0.768. The number of aliphatic hydroxyl groups excluding tert-OH is 1. The topological polar surface area (TPSA) is 23.5 Å². The van der Waals surface area contributed by atoms with Crippen molar-refractivity contribution in [2.24, 2.45) is 5.92 Å². The molecule has 0 aromatic heterocycles. The van der Waals surface area contributed by atoms with Crippen LogP contribution in [0, 0.1) is 5.92 Å². The van der Waals surface area contributed by atoms with Crippen LogP contribution in [0.5, 0.6) is 0 Å². The van der Waals surface area contributed by atoms with Gasteiger partial charge >= 0.3 is 0 Å². The molecule has 0 saturated carbocycles. The molecule has 0 aliphatic heterocycles. The average Bonchev–Trinajstić information content (AvgIpc) is 2.00. The third-order valence-electron chi connectivity index (χ3n) is 2.25. The van der Waals surface area contributed by atoms with Gasteiger partial charge in [-0.25, -0.2) is 0 Å². The van der Waals surface area contributed by atoms with Crippen molar-refractivity contribution in [2.45, 2.75) is 39.7 Å². The van der Waals surface area contributed by atoms with Crippen LogP contribution in [0.15, 0.2) is 0 Å². The van der Waals surface area contributed by atoms with Gasteiger partial charge in [-0.15, -0.1) is 0 Å². The van der Waals surface area contributed by atoms with E-state index in [1.54, 1.807) is 0 Å². The maximum atomic E-state index is 9.07. The molecule has 74 valence electrons. The first-order valence-corrected chi connectivity index (χ1v) is 4.92. The van der Waals surface area contributed by atoms with Crippen molar-refractivity contribution in [3.8, 4) is 0 Å². The molecule has 2 heteroatoms. The number of aliphatic hydroxyl groups is 1. The lowest BCUT2D eigenvalue weighted by Gasteiger charge is -2.20. The van der Waals surface area contributed by atoms with Crippen LogP contribution < -0.4 is 0 Å². The molecule has 0 fully saturated rings. The first kappa shape index (κ1) is 11.9. The third kappa shape index (κ3) is 6.62. The Morgan fingerprint density at radius 1 is 1.33 bits per heavy atom. The maximum Gasteiger partial charge on any atom is 0.0524 e. The summed E-state index contributed by atoms with van der Waals surface area (Å²) in [5.41, 5.74) is 0.